The van der Waals surface area contributed by atoms with E-state index >= 15 is 0 Å². The summed E-state index contributed by atoms with van der Waals surface area (Å²) in [5.41, 5.74) is 4.86. The number of rotatable bonds is 8. The molecule has 0 saturated carbocycles. The third-order valence-electron chi connectivity index (χ3n) is 6.29. The molecule has 6 heteroatoms. The number of hydrogen-bond acceptors (Lipinski definition) is 3. The summed E-state index contributed by atoms with van der Waals surface area (Å²) in [5.74, 6) is 1.12. The van der Waals surface area contributed by atoms with E-state index in [-0.39, 0.29) is 18.4 Å². The monoisotopic (exact) mass is 471 g/mol. The van der Waals surface area contributed by atoms with Crippen LogP contribution < -0.4 is 15.0 Å². The van der Waals surface area contributed by atoms with Gasteiger partial charge in [-0.2, -0.15) is 0 Å². The number of anilines is 2. The van der Waals surface area contributed by atoms with Gasteiger partial charge < -0.3 is 15.0 Å². The molecule has 1 aliphatic heterocycles. The summed E-state index contributed by atoms with van der Waals surface area (Å²) in [5, 5.41) is 2.93. The molecule has 1 saturated heterocycles. The van der Waals surface area contributed by atoms with Crippen LogP contribution in [0, 0.1) is 0 Å². The quantitative estimate of drug-likeness (QED) is 0.449. The van der Waals surface area contributed by atoms with E-state index in [0.717, 1.165) is 35.5 Å². The Morgan fingerprint density at radius 3 is 2.40 bits per heavy atom. The number of methoxy groups -OCH3 is 1. The summed E-state index contributed by atoms with van der Waals surface area (Å²) >= 11 is 0. The van der Waals surface area contributed by atoms with Crippen molar-refractivity contribution in [2.45, 2.75) is 39.2 Å². The molecule has 0 aromatic heterocycles. The first kappa shape index (κ1) is 24.3. The van der Waals surface area contributed by atoms with Gasteiger partial charge in [0.1, 0.15) is 5.75 Å². The fourth-order valence-corrected chi connectivity index (χ4v) is 4.29. The van der Waals surface area contributed by atoms with Gasteiger partial charge in [0.25, 0.3) is 0 Å². The number of nitrogens with zero attached hydrogens (tertiary/aromatic N) is 2. The predicted octanol–water partition coefficient (Wildman–Crippen LogP) is 5.83. The van der Waals surface area contributed by atoms with E-state index in [9.17, 15) is 9.59 Å². The van der Waals surface area contributed by atoms with Crippen LogP contribution in [0.15, 0.2) is 72.8 Å². The van der Waals surface area contributed by atoms with E-state index in [4.69, 9.17) is 4.74 Å². The second kappa shape index (κ2) is 11.1. The van der Waals surface area contributed by atoms with Crippen LogP contribution >= 0.6 is 0 Å². The largest absolute Gasteiger partial charge is 0.497 e. The van der Waals surface area contributed by atoms with Crippen LogP contribution in [0.5, 0.6) is 5.75 Å². The third kappa shape index (κ3) is 6.21. The van der Waals surface area contributed by atoms with Gasteiger partial charge in [0, 0.05) is 31.0 Å². The van der Waals surface area contributed by atoms with Gasteiger partial charge in [-0.05, 0) is 65.4 Å². The lowest BCUT2D eigenvalue weighted by Crippen LogP contribution is -2.49. The van der Waals surface area contributed by atoms with Crippen LogP contribution in [0.1, 0.15) is 42.9 Å². The SMILES string of the molecule is COc1cccc(CC(=O)Nc2ccc(N3CCCN(Cc4ccc(C(C)C)cc4)C3=O)cc2)c1. The Balaban J connectivity index is 1.36. The molecule has 1 aliphatic rings. The molecule has 1 N–H and O–H groups in total. The van der Waals surface area contributed by atoms with E-state index in [1.54, 1.807) is 7.11 Å². The lowest BCUT2D eigenvalue weighted by atomic mass is 10.0. The minimum absolute atomic E-state index is 0.0130. The third-order valence-corrected chi connectivity index (χ3v) is 6.29. The molecule has 0 spiro atoms. The zero-order valence-electron chi connectivity index (χ0n) is 20.7. The van der Waals surface area contributed by atoms with Crippen molar-refractivity contribution in [3.05, 3.63) is 89.5 Å². The van der Waals surface area contributed by atoms with E-state index in [0.29, 0.717) is 24.7 Å². The molecule has 1 heterocycles. The van der Waals surface area contributed by atoms with Gasteiger partial charge in [-0.1, -0.05) is 50.2 Å². The molecular formula is C29H33N3O3. The van der Waals surface area contributed by atoms with Crippen LogP contribution in [-0.2, 0) is 17.8 Å². The number of urea groups is 1. The highest BCUT2D eigenvalue weighted by Crippen LogP contribution is 2.24. The van der Waals surface area contributed by atoms with E-state index < -0.39 is 0 Å². The van der Waals surface area contributed by atoms with Crippen LogP contribution in [-0.4, -0.2) is 37.0 Å². The topological polar surface area (TPSA) is 61.9 Å². The predicted molar refractivity (Wildman–Crippen MR) is 140 cm³/mol. The maximum absolute atomic E-state index is 13.2. The van der Waals surface area contributed by atoms with Crippen LogP contribution in [0.25, 0.3) is 0 Å². The molecule has 0 bridgehead atoms. The number of hydrogen-bond donors (Lipinski definition) is 1. The van der Waals surface area contributed by atoms with Gasteiger partial charge >= 0.3 is 6.03 Å². The Labute approximate surface area is 207 Å². The number of amides is 3. The molecule has 4 rings (SSSR count). The van der Waals surface area contributed by atoms with Crippen LogP contribution in [0.3, 0.4) is 0 Å². The number of nitrogens with one attached hydrogen (secondary N) is 1. The Morgan fingerprint density at radius 1 is 0.971 bits per heavy atom. The number of carbonyl (C=O) groups excluding carboxylic acids is 2. The molecule has 3 aromatic rings. The molecule has 3 aromatic carbocycles. The first-order valence-corrected chi connectivity index (χ1v) is 12.1. The first-order valence-electron chi connectivity index (χ1n) is 12.1. The average molecular weight is 472 g/mol. The minimum atomic E-state index is -0.102. The zero-order valence-corrected chi connectivity index (χ0v) is 20.7. The molecule has 35 heavy (non-hydrogen) atoms. The van der Waals surface area contributed by atoms with Gasteiger partial charge in [0.15, 0.2) is 0 Å². The first-order chi connectivity index (χ1) is 16.9. The van der Waals surface area contributed by atoms with Gasteiger partial charge in [-0.25, -0.2) is 4.79 Å². The van der Waals surface area contributed by atoms with Gasteiger partial charge in [0.05, 0.1) is 13.5 Å². The summed E-state index contributed by atoms with van der Waals surface area (Å²) in [6.45, 7) is 6.39. The molecule has 0 atom stereocenters. The fourth-order valence-electron chi connectivity index (χ4n) is 4.29. The summed E-state index contributed by atoms with van der Waals surface area (Å²) in [6, 6.07) is 23.5. The molecule has 3 amide bonds. The lowest BCUT2D eigenvalue weighted by Gasteiger charge is -2.35. The highest BCUT2D eigenvalue weighted by atomic mass is 16.5. The molecule has 0 unspecified atom stereocenters. The maximum atomic E-state index is 13.2. The summed E-state index contributed by atoms with van der Waals surface area (Å²) < 4.78 is 5.22. The summed E-state index contributed by atoms with van der Waals surface area (Å²) in [7, 11) is 1.61. The fraction of sp³-hybridized carbons (Fsp3) is 0.310. The number of benzene rings is 3. The van der Waals surface area contributed by atoms with Crippen molar-refractivity contribution in [2.24, 2.45) is 0 Å². The van der Waals surface area contributed by atoms with Crippen molar-refractivity contribution < 1.29 is 14.3 Å². The van der Waals surface area contributed by atoms with Crippen LogP contribution in [0.2, 0.25) is 0 Å². The van der Waals surface area contributed by atoms with E-state index in [1.807, 2.05) is 58.3 Å². The second-order valence-corrected chi connectivity index (χ2v) is 9.23. The Hall–Kier alpha value is -3.80. The minimum Gasteiger partial charge on any atom is -0.497 e. The summed E-state index contributed by atoms with van der Waals surface area (Å²) in [6.07, 6.45) is 1.17. The molecule has 182 valence electrons. The van der Waals surface area contributed by atoms with Crippen molar-refractivity contribution in [1.29, 1.82) is 0 Å². The molecule has 6 nitrogen and oxygen atoms in total. The van der Waals surface area contributed by atoms with Gasteiger partial charge in [-0.15, -0.1) is 0 Å². The van der Waals surface area contributed by atoms with E-state index in [1.165, 1.54) is 5.56 Å². The summed E-state index contributed by atoms with van der Waals surface area (Å²) in [4.78, 5) is 29.4. The van der Waals surface area contributed by atoms with Crippen molar-refractivity contribution in [2.75, 3.05) is 30.4 Å². The standard InChI is InChI=1S/C29H33N3O3/c1-21(2)24-10-8-22(9-11-24)20-31-16-5-17-32(29(31)34)26-14-12-25(13-15-26)30-28(33)19-23-6-4-7-27(18-23)35-3/h4,6-15,18,21H,5,16-17,19-20H2,1-3H3,(H,30,33). The average Bonchev–Trinajstić information content (AvgIpc) is 2.86. The van der Waals surface area contributed by atoms with Crippen LogP contribution in [0.4, 0.5) is 16.2 Å². The Kier molecular flexibility index (Phi) is 7.70. The Bertz CT molecular complexity index is 1160. The number of carbonyl (C=O) groups is 2. The lowest BCUT2D eigenvalue weighted by molar-refractivity contribution is -0.115. The van der Waals surface area contributed by atoms with Crippen molar-refractivity contribution in [1.82, 2.24) is 4.90 Å². The maximum Gasteiger partial charge on any atom is 0.324 e. The second-order valence-electron chi connectivity index (χ2n) is 9.23. The van der Waals surface area contributed by atoms with Gasteiger partial charge in [0.2, 0.25) is 5.91 Å². The van der Waals surface area contributed by atoms with Crippen molar-refractivity contribution in [3.63, 3.8) is 0 Å². The normalized spacial score (nSPS) is 13.8. The molecule has 1 fully saturated rings. The number of ether oxygens (including phenoxy) is 1. The molecule has 0 aliphatic carbocycles. The van der Waals surface area contributed by atoms with E-state index in [2.05, 4.69) is 43.4 Å². The van der Waals surface area contributed by atoms with Gasteiger partial charge in [-0.3, -0.25) is 9.69 Å². The van der Waals surface area contributed by atoms with Crippen molar-refractivity contribution >= 4 is 23.3 Å². The highest BCUT2D eigenvalue weighted by Gasteiger charge is 2.26. The highest BCUT2D eigenvalue weighted by molar-refractivity contribution is 5.94. The molecule has 0 radical (unpaired) electrons. The molecular weight excluding hydrogens is 438 g/mol. The Morgan fingerprint density at radius 2 is 1.71 bits per heavy atom. The zero-order chi connectivity index (χ0) is 24.8. The van der Waals surface area contributed by atoms with Crippen molar-refractivity contribution in [3.8, 4) is 5.75 Å². The smallest absolute Gasteiger partial charge is 0.324 e.